The third kappa shape index (κ3) is 4.03. The Morgan fingerprint density at radius 1 is 1.15 bits per heavy atom. The molecule has 0 spiro atoms. The summed E-state index contributed by atoms with van der Waals surface area (Å²) in [5, 5.41) is 3.30. The fraction of sp³-hybridized carbons (Fsp3) is 0.375. The molecule has 0 amide bonds. The number of rotatable bonds is 5. The predicted octanol–water partition coefficient (Wildman–Crippen LogP) is 3.38. The Hall–Kier alpha value is -1.94. The molecule has 0 radical (unpaired) electrons. The van der Waals surface area contributed by atoms with E-state index in [1.54, 1.807) is 12.4 Å². The van der Waals surface area contributed by atoms with Gasteiger partial charge in [-0.05, 0) is 25.5 Å². The highest BCUT2D eigenvalue weighted by atomic mass is 16.5. The Morgan fingerprint density at radius 3 is 2.55 bits per heavy atom. The second kappa shape index (κ2) is 6.48. The smallest absolute Gasteiger partial charge is 0.237 e. The molecule has 106 valence electrons. The molecule has 0 unspecified atom stereocenters. The zero-order valence-electron chi connectivity index (χ0n) is 12.5. The second-order valence-corrected chi connectivity index (χ2v) is 5.25. The van der Waals surface area contributed by atoms with Crippen LogP contribution in [0.25, 0.3) is 0 Å². The summed E-state index contributed by atoms with van der Waals surface area (Å²) in [4.78, 5) is 8.63. The van der Waals surface area contributed by atoms with Crippen LogP contribution in [0.2, 0.25) is 0 Å². The Balaban J connectivity index is 2.03. The zero-order chi connectivity index (χ0) is 14.5. The molecule has 0 saturated carbocycles. The van der Waals surface area contributed by atoms with E-state index in [1.807, 2.05) is 19.1 Å². The fourth-order valence-corrected chi connectivity index (χ4v) is 1.82. The SMILES string of the molecule is Cc1ccc(Oc2cnc(CNC(C)C)cn2)c(C)c1. The van der Waals surface area contributed by atoms with E-state index in [4.69, 9.17) is 4.74 Å². The normalized spacial score (nSPS) is 10.8. The molecule has 2 rings (SSSR count). The highest BCUT2D eigenvalue weighted by Gasteiger charge is 2.04. The van der Waals surface area contributed by atoms with Crippen molar-refractivity contribution in [2.24, 2.45) is 0 Å². The number of benzene rings is 1. The first kappa shape index (κ1) is 14.5. The van der Waals surface area contributed by atoms with Gasteiger partial charge >= 0.3 is 0 Å². The number of hydrogen-bond acceptors (Lipinski definition) is 4. The van der Waals surface area contributed by atoms with Crippen LogP contribution in [0.4, 0.5) is 0 Å². The molecule has 0 fully saturated rings. The molecule has 0 aliphatic carbocycles. The third-order valence-electron chi connectivity index (χ3n) is 2.92. The molecule has 4 heteroatoms. The van der Waals surface area contributed by atoms with Gasteiger partial charge in [-0.1, -0.05) is 31.5 Å². The summed E-state index contributed by atoms with van der Waals surface area (Å²) in [5.41, 5.74) is 3.22. The van der Waals surface area contributed by atoms with Crippen molar-refractivity contribution < 1.29 is 4.74 Å². The maximum absolute atomic E-state index is 5.75. The van der Waals surface area contributed by atoms with Crippen LogP contribution in [-0.2, 0) is 6.54 Å². The predicted molar refractivity (Wildman–Crippen MR) is 80.0 cm³/mol. The molecule has 0 saturated heterocycles. The monoisotopic (exact) mass is 271 g/mol. The Kier molecular flexibility index (Phi) is 4.69. The summed E-state index contributed by atoms with van der Waals surface area (Å²) < 4.78 is 5.75. The molecule has 1 aromatic heterocycles. The van der Waals surface area contributed by atoms with Gasteiger partial charge in [0.25, 0.3) is 0 Å². The summed E-state index contributed by atoms with van der Waals surface area (Å²) in [6, 6.07) is 6.50. The maximum atomic E-state index is 5.75. The van der Waals surface area contributed by atoms with E-state index in [0.29, 0.717) is 18.5 Å². The standard InChI is InChI=1S/C16H21N3O/c1-11(2)17-8-14-9-19-16(10-18-14)20-15-6-5-12(3)7-13(15)4/h5-7,9-11,17H,8H2,1-4H3. The lowest BCUT2D eigenvalue weighted by Gasteiger charge is -2.09. The topological polar surface area (TPSA) is 47.0 Å². The van der Waals surface area contributed by atoms with Crippen LogP contribution in [0.5, 0.6) is 11.6 Å². The molecule has 0 atom stereocenters. The van der Waals surface area contributed by atoms with E-state index < -0.39 is 0 Å². The van der Waals surface area contributed by atoms with Gasteiger partial charge in [-0.2, -0.15) is 0 Å². The lowest BCUT2D eigenvalue weighted by Crippen LogP contribution is -2.22. The summed E-state index contributed by atoms with van der Waals surface area (Å²) in [5.74, 6) is 1.34. The zero-order valence-corrected chi connectivity index (χ0v) is 12.5. The molecular weight excluding hydrogens is 250 g/mol. The van der Waals surface area contributed by atoms with E-state index in [2.05, 4.69) is 42.1 Å². The molecule has 4 nitrogen and oxygen atoms in total. The molecule has 1 N–H and O–H groups in total. The Morgan fingerprint density at radius 2 is 1.95 bits per heavy atom. The molecule has 0 bridgehead atoms. The van der Waals surface area contributed by atoms with Crippen molar-refractivity contribution in [2.45, 2.75) is 40.3 Å². The van der Waals surface area contributed by atoms with Crippen LogP contribution < -0.4 is 10.1 Å². The minimum absolute atomic E-state index is 0.433. The minimum Gasteiger partial charge on any atom is -0.437 e. The minimum atomic E-state index is 0.433. The van der Waals surface area contributed by atoms with E-state index in [0.717, 1.165) is 17.0 Å². The Labute approximate surface area is 120 Å². The number of aryl methyl sites for hydroxylation is 2. The number of ether oxygens (including phenoxy) is 1. The fourth-order valence-electron chi connectivity index (χ4n) is 1.82. The number of hydrogen-bond donors (Lipinski definition) is 1. The number of nitrogens with zero attached hydrogens (tertiary/aromatic N) is 2. The molecule has 1 heterocycles. The molecule has 0 aliphatic rings. The number of nitrogens with one attached hydrogen (secondary N) is 1. The van der Waals surface area contributed by atoms with Crippen LogP contribution >= 0.6 is 0 Å². The summed E-state index contributed by atoms with van der Waals surface area (Å²) in [6.07, 6.45) is 3.41. The van der Waals surface area contributed by atoms with Gasteiger partial charge in [0.05, 0.1) is 18.1 Å². The van der Waals surface area contributed by atoms with Crippen molar-refractivity contribution in [1.29, 1.82) is 0 Å². The van der Waals surface area contributed by atoms with Crippen molar-refractivity contribution in [1.82, 2.24) is 15.3 Å². The molecule has 2 aromatic rings. The lowest BCUT2D eigenvalue weighted by atomic mass is 10.1. The first-order chi connectivity index (χ1) is 9.54. The highest BCUT2D eigenvalue weighted by Crippen LogP contribution is 2.23. The van der Waals surface area contributed by atoms with Gasteiger partial charge in [-0.3, -0.25) is 4.98 Å². The van der Waals surface area contributed by atoms with Crippen molar-refractivity contribution in [2.75, 3.05) is 0 Å². The van der Waals surface area contributed by atoms with Crippen molar-refractivity contribution in [3.05, 3.63) is 47.4 Å². The summed E-state index contributed by atoms with van der Waals surface area (Å²) >= 11 is 0. The van der Waals surface area contributed by atoms with Gasteiger partial charge in [0.1, 0.15) is 5.75 Å². The average Bonchev–Trinajstić information content (AvgIpc) is 2.41. The average molecular weight is 271 g/mol. The second-order valence-electron chi connectivity index (χ2n) is 5.25. The summed E-state index contributed by atoms with van der Waals surface area (Å²) in [7, 11) is 0. The highest BCUT2D eigenvalue weighted by molar-refractivity contribution is 5.37. The van der Waals surface area contributed by atoms with Crippen LogP contribution in [-0.4, -0.2) is 16.0 Å². The van der Waals surface area contributed by atoms with Crippen LogP contribution in [0.3, 0.4) is 0 Å². The summed E-state index contributed by atoms with van der Waals surface area (Å²) in [6.45, 7) is 9.01. The Bertz CT molecular complexity index is 564. The van der Waals surface area contributed by atoms with Crippen LogP contribution in [0.15, 0.2) is 30.6 Å². The van der Waals surface area contributed by atoms with Gasteiger partial charge in [0, 0.05) is 12.6 Å². The largest absolute Gasteiger partial charge is 0.437 e. The van der Waals surface area contributed by atoms with Crippen LogP contribution in [0, 0.1) is 13.8 Å². The third-order valence-corrected chi connectivity index (χ3v) is 2.92. The van der Waals surface area contributed by atoms with Gasteiger partial charge in [-0.15, -0.1) is 0 Å². The molecule has 0 aliphatic heterocycles. The van der Waals surface area contributed by atoms with Crippen LogP contribution in [0.1, 0.15) is 30.7 Å². The lowest BCUT2D eigenvalue weighted by molar-refractivity contribution is 0.455. The van der Waals surface area contributed by atoms with Gasteiger partial charge in [0.2, 0.25) is 5.88 Å². The van der Waals surface area contributed by atoms with Gasteiger partial charge < -0.3 is 10.1 Å². The van der Waals surface area contributed by atoms with Gasteiger partial charge in [0.15, 0.2) is 0 Å². The van der Waals surface area contributed by atoms with Crippen molar-refractivity contribution >= 4 is 0 Å². The molecular formula is C16H21N3O. The van der Waals surface area contributed by atoms with Gasteiger partial charge in [-0.25, -0.2) is 4.98 Å². The van der Waals surface area contributed by atoms with Crippen molar-refractivity contribution in [3.8, 4) is 11.6 Å². The number of aromatic nitrogens is 2. The van der Waals surface area contributed by atoms with E-state index in [9.17, 15) is 0 Å². The van der Waals surface area contributed by atoms with E-state index >= 15 is 0 Å². The molecule has 1 aromatic carbocycles. The molecule has 20 heavy (non-hydrogen) atoms. The first-order valence-electron chi connectivity index (χ1n) is 6.84. The van der Waals surface area contributed by atoms with E-state index in [1.165, 1.54) is 5.56 Å². The van der Waals surface area contributed by atoms with E-state index in [-0.39, 0.29) is 0 Å². The maximum Gasteiger partial charge on any atom is 0.237 e. The quantitative estimate of drug-likeness (QED) is 0.905. The first-order valence-corrected chi connectivity index (χ1v) is 6.84. The van der Waals surface area contributed by atoms with Crippen molar-refractivity contribution in [3.63, 3.8) is 0 Å².